The Balaban J connectivity index is 0.00000676. The fourth-order valence-corrected chi connectivity index (χ4v) is 2.88. The van der Waals surface area contributed by atoms with Crippen LogP contribution in [-0.4, -0.2) is 41.3 Å². The Labute approximate surface area is 184 Å². The van der Waals surface area contributed by atoms with E-state index in [-0.39, 0.29) is 24.0 Å². The molecule has 0 fully saturated rings. The van der Waals surface area contributed by atoms with E-state index >= 15 is 0 Å². The Kier molecular flexibility index (Phi) is 10.6. The minimum Gasteiger partial charge on any atom is -0.444 e. The maximum atomic E-state index is 12.0. The molecule has 0 aliphatic carbocycles. The van der Waals surface area contributed by atoms with Crippen molar-refractivity contribution in [2.45, 2.75) is 73.1 Å². The van der Waals surface area contributed by atoms with E-state index in [0.717, 1.165) is 17.2 Å². The van der Waals surface area contributed by atoms with Gasteiger partial charge in [0.2, 0.25) is 0 Å². The van der Waals surface area contributed by atoms with Gasteiger partial charge in [-0.05, 0) is 55.4 Å². The van der Waals surface area contributed by atoms with Crippen LogP contribution in [0.2, 0.25) is 0 Å². The van der Waals surface area contributed by atoms with E-state index in [0.29, 0.717) is 19.0 Å². The van der Waals surface area contributed by atoms with Crippen LogP contribution in [0.25, 0.3) is 0 Å². The number of carbonyl (C=O) groups excluding carboxylic acids is 1. The third kappa shape index (κ3) is 10.7. The highest BCUT2D eigenvalue weighted by Gasteiger charge is 2.24. The summed E-state index contributed by atoms with van der Waals surface area (Å²) in [6.45, 7) is 17.3. The second kappa shape index (κ2) is 11.0. The molecule has 0 bridgehead atoms. The van der Waals surface area contributed by atoms with Crippen molar-refractivity contribution in [1.29, 1.82) is 0 Å². The van der Waals surface area contributed by atoms with Crippen LogP contribution in [0, 0.1) is 13.8 Å². The number of halogens is 1. The molecule has 1 heterocycles. The Morgan fingerprint density at radius 3 is 2.30 bits per heavy atom. The van der Waals surface area contributed by atoms with E-state index in [1.165, 1.54) is 4.88 Å². The number of hydrogen-bond acceptors (Lipinski definition) is 5. The van der Waals surface area contributed by atoms with Crippen molar-refractivity contribution in [3.8, 4) is 0 Å². The molecule has 0 aliphatic heterocycles. The number of nitrogens with one attached hydrogen (secondary N) is 3. The predicted molar refractivity (Wildman–Crippen MR) is 123 cm³/mol. The highest BCUT2D eigenvalue weighted by molar-refractivity contribution is 14.0. The third-order valence-corrected chi connectivity index (χ3v) is 4.38. The summed E-state index contributed by atoms with van der Waals surface area (Å²) >= 11 is 1.66. The summed E-state index contributed by atoms with van der Waals surface area (Å²) in [7, 11) is 0. The van der Waals surface area contributed by atoms with Gasteiger partial charge in [0.25, 0.3) is 0 Å². The number of nitrogens with zero attached hydrogens (tertiary/aromatic N) is 2. The van der Waals surface area contributed by atoms with Gasteiger partial charge in [0.1, 0.15) is 10.6 Å². The summed E-state index contributed by atoms with van der Waals surface area (Å²) in [6.07, 6.45) is -0.431. The van der Waals surface area contributed by atoms with Gasteiger partial charge in [-0.15, -0.1) is 35.3 Å². The molecule has 3 N–H and O–H groups in total. The first-order valence-corrected chi connectivity index (χ1v) is 9.70. The quantitative estimate of drug-likeness (QED) is 0.308. The van der Waals surface area contributed by atoms with E-state index in [2.05, 4.69) is 32.9 Å². The van der Waals surface area contributed by atoms with Crippen molar-refractivity contribution in [1.82, 2.24) is 20.9 Å². The smallest absolute Gasteiger partial charge is 0.408 e. The molecule has 0 spiro atoms. The number of aromatic nitrogens is 1. The Bertz CT molecular complexity index is 619. The largest absolute Gasteiger partial charge is 0.444 e. The number of aliphatic imine (C=N–C) groups is 1. The van der Waals surface area contributed by atoms with Gasteiger partial charge < -0.3 is 20.7 Å². The molecule has 1 amide bonds. The van der Waals surface area contributed by atoms with Crippen LogP contribution in [0.4, 0.5) is 4.79 Å². The predicted octanol–water partition coefficient (Wildman–Crippen LogP) is 3.74. The molecule has 1 aromatic rings. The lowest BCUT2D eigenvalue weighted by Gasteiger charge is -2.29. The van der Waals surface area contributed by atoms with Crippen molar-refractivity contribution < 1.29 is 9.53 Å². The molecule has 9 heteroatoms. The molecule has 27 heavy (non-hydrogen) atoms. The number of rotatable bonds is 6. The lowest BCUT2D eigenvalue weighted by Crippen LogP contribution is -2.54. The van der Waals surface area contributed by atoms with E-state index < -0.39 is 17.2 Å². The van der Waals surface area contributed by atoms with Gasteiger partial charge in [-0.3, -0.25) is 0 Å². The van der Waals surface area contributed by atoms with Gasteiger partial charge in [0, 0.05) is 18.0 Å². The van der Waals surface area contributed by atoms with Gasteiger partial charge in [-0.2, -0.15) is 0 Å². The van der Waals surface area contributed by atoms with E-state index in [9.17, 15) is 4.79 Å². The molecule has 1 aromatic heterocycles. The lowest BCUT2D eigenvalue weighted by molar-refractivity contribution is 0.0474. The van der Waals surface area contributed by atoms with Crippen LogP contribution in [0.15, 0.2) is 4.99 Å². The van der Waals surface area contributed by atoms with Crippen molar-refractivity contribution >= 4 is 47.4 Å². The van der Waals surface area contributed by atoms with Gasteiger partial charge in [-0.1, -0.05) is 0 Å². The fourth-order valence-electron chi connectivity index (χ4n) is 2.02. The van der Waals surface area contributed by atoms with Crippen molar-refractivity contribution in [3.05, 3.63) is 15.6 Å². The molecule has 156 valence electrons. The summed E-state index contributed by atoms with van der Waals surface area (Å²) in [5, 5.41) is 10.3. The van der Waals surface area contributed by atoms with Crippen LogP contribution in [0.3, 0.4) is 0 Å². The van der Waals surface area contributed by atoms with E-state index in [1.54, 1.807) is 11.3 Å². The van der Waals surface area contributed by atoms with E-state index in [1.807, 2.05) is 48.5 Å². The Morgan fingerprint density at radius 2 is 1.81 bits per heavy atom. The first kappa shape index (κ1) is 25.9. The maximum Gasteiger partial charge on any atom is 0.408 e. The highest BCUT2D eigenvalue weighted by Crippen LogP contribution is 2.17. The third-order valence-electron chi connectivity index (χ3n) is 3.33. The van der Waals surface area contributed by atoms with Gasteiger partial charge in [0.05, 0.1) is 17.8 Å². The number of hydrogen-bond donors (Lipinski definition) is 3. The molecule has 0 radical (unpaired) electrons. The minimum atomic E-state index is -0.520. The molecular weight excluding hydrogens is 477 g/mol. The SMILES string of the molecule is CCNC(=NCc1nc(C)c(C)s1)NCC(C)(C)NC(=O)OC(C)(C)C.I. The Hall–Kier alpha value is -1.10. The zero-order chi connectivity index (χ0) is 20.0. The van der Waals surface area contributed by atoms with Crippen LogP contribution < -0.4 is 16.0 Å². The zero-order valence-electron chi connectivity index (χ0n) is 17.6. The van der Waals surface area contributed by atoms with Crippen molar-refractivity contribution in [2.75, 3.05) is 13.1 Å². The van der Waals surface area contributed by atoms with Crippen molar-refractivity contribution in [2.24, 2.45) is 4.99 Å². The molecule has 0 aliphatic rings. The maximum absolute atomic E-state index is 12.0. The number of thiazole rings is 1. The average Bonchev–Trinajstić information content (AvgIpc) is 2.78. The molecule has 0 saturated heterocycles. The van der Waals surface area contributed by atoms with Crippen LogP contribution in [0.1, 0.15) is 57.1 Å². The summed E-state index contributed by atoms with van der Waals surface area (Å²) in [5.41, 5.74) is 0.0433. The van der Waals surface area contributed by atoms with E-state index in [4.69, 9.17) is 4.74 Å². The van der Waals surface area contributed by atoms with Crippen LogP contribution in [0.5, 0.6) is 0 Å². The average molecular weight is 511 g/mol. The first-order valence-electron chi connectivity index (χ1n) is 8.88. The van der Waals surface area contributed by atoms with Gasteiger partial charge in [-0.25, -0.2) is 14.8 Å². The number of aryl methyl sites for hydroxylation is 2. The first-order chi connectivity index (χ1) is 11.9. The number of ether oxygens (including phenoxy) is 1. The monoisotopic (exact) mass is 511 g/mol. The fraction of sp³-hybridized carbons (Fsp3) is 0.722. The molecule has 0 unspecified atom stereocenters. The van der Waals surface area contributed by atoms with Gasteiger partial charge in [0.15, 0.2) is 5.96 Å². The molecule has 0 atom stereocenters. The minimum absolute atomic E-state index is 0. The molecule has 1 rings (SSSR count). The lowest BCUT2D eigenvalue weighted by atomic mass is 10.1. The topological polar surface area (TPSA) is 87.6 Å². The van der Waals surface area contributed by atoms with Gasteiger partial charge >= 0.3 is 6.09 Å². The second-order valence-electron chi connectivity index (χ2n) is 7.81. The normalized spacial score (nSPS) is 12.2. The summed E-state index contributed by atoms with van der Waals surface area (Å²) < 4.78 is 5.32. The number of guanidine groups is 1. The second-order valence-corrected chi connectivity index (χ2v) is 9.10. The van der Waals surface area contributed by atoms with Crippen molar-refractivity contribution in [3.63, 3.8) is 0 Å². The molecule has 7 nitrogen and oxygen atoms in total. The number of amides is 1. The highest BCUT2D eigenvalue weighted by atomic mass is 127. The van der Waals surface area contributed by atoms with Crippen LogP contribution >= 0.6 is 35.3 Å². The van der Waals surface area contributed by atoms with Crippen LogP contribution in [-0.2, 0) is 11.3 Å². The summed E-state index contributed by atoms with van der Waals surface area (Å²) in [6, 6.07) is 0. The zero-order valence-corrected chi connectivity index (χ0v) is 20.8. The number of carbonyl (C=O) groups is 1. The summed E-state index contributed by atoms with van der Waals surface area (Å²) in [5.74, 6) is 0.692. The summed E-state index contributed by atoms with van der Waals surface area (Å²) in [4.78, 5) is 22.3. The molecule has 0 aromatic carbocycles. The Morgan fingerprint density at radius 1 is 1.19 bits per heavy atom. The standard InChI is InChI=1S/C18H33N5O2S.HI/c1-9-19-15(20-10-14-22-12(2)13(3)26-14)21-11-18(7,8)23-16(24)25-17(4,5)6;/h9-11H2,1-8H3,(H,23,24)(H2,19,20,21);1H. The molecular formula is C18H34IN5O2S. The molecule has 0 saturated carbocycles. The number of alkyl carbamates (subject to hydrolysis) is 1.